The number of nitrogens with zero attached hydrogens (tertiary/aromatic N) is 6. The van der Waals surface area contributed by atoms with Gasteiger partial charge in [-0.15, -0.1) is 10.2 Å². The molecular weight excluding hydrogens is 482 g/mol. The predicted molar refractivity (Wildman–Crippen MR) is 144 cm³/mol. The molecule has 2 amide bonds. The van der Waals surface area contributed by atoms with Gasteiger partial charge in [-0.2, -0.15) is 0 Å². The Kier molecular flexibility index (Phi) is 6.17. The number of urea groups is 1. The van der Waals surface area contributed by atoms with Crippen molar-refractivity contribution in [2.45, 2.75) is 32.6 Å². The van der Waals surface area contributed by atoms with Gasteiger partial charge in [0.2, 0.25) is 0 Å². The van der Waals surface area contributed by atoms with Crippen LogP contribution in [-0.4, -0.2) is 80.5 Å². The van der Waals surface area contributed by atoms with E-state index in [0.717, 1.165) is 35.7 Å². The lowest BCUT2D eigenvalue weighted by molar-refractivity contribution is 0.111. The molecule has 2 aliphatic rings. The molecular formula is C28H33N7O3. The number of aromatic hydroxyl groups is 1. The van der Waals surface area contributed by atoms with Crippen LogP contribution in [0.15, 0.2) is 47.0 Å². The largest absolute Gasteiger partial charge is 0.507 e. The average molecular weight is 516 g/mol. The number of hydrogen-bond acceptors (Lipinski definition) is 7. The van der Waals surface area contributed by atoms with Crippen LogP contribution in [0.2, 0.25) is 0 Å². The number of nitrogens with one attached hydrogen (secondary N) is 1. The van der Waals surface area contributed by atoms with Gasteiger partial charge >= 0.3 is 6.03 Å². The van der Waals surface area contributed by atoms with Crippen LogP contribution in [0.5, 0.6) is 5.75 Å². The van der Waals surface area contributed by atoms with Gasteiger partial charge in [0.25, 0.3) is 0 Å². The van der Waals surface area contributed by atoms with E-state index in [1.165, 1.54) is 0 Å². The predicted octanol–water partition coefficient (Wildman–Crippen LogP) is 4.42. The second kappa shape index (κ2) is 9.66. The fourth-order valence-electron chi connectivity index (χ4n) is 5.13. The first-order valence-electron chi connectivity index (χ1n) is 13.3. The second-order valence-corrected chi connectivity index (χ2v) is 10.8. The van der Waals surface area contributed by atoms with Crippen LogP contribution < -0.4 is 4.90 Å². The summed E-state index contributed by atoms with van der Waals surface area (Å²) in [5.74, 6) is 3.00. The number of benzene rings is 1. The van der Waals surface area contributed by atoms with Gasteiger partial charge in [0.15, 0.2) is 11.5 Å². The molecule has 3 aromatic heterocycles. The van der Waals surface area contributed by atoms with Crippen molar-refractivity contribution in [3.63, 3.8) is 0 Å². The SMILES string of the molecule is CC(C)[C@@H](C)c1cc(N2CCN(C(=O)N3CC(c4cc5cc(-c6ccccc6O)nnc5[nH]4)C3)CC2)no1. The normalized spacial score (nSPS) is 17.3. The summed E-state index contributed by atoms with van der Waals surface area (Å²) in [6.45, 7) is 10.7. The van der Waals surface area contributed by atoms with E-state index in [9.17, 15) is 9.90 Å². The van der Waals surface area contributed by atoms with Gasteiger partial charge in [0.1, 0.15) is 11.5 Å². The molecule has 2 N–H and O–H groups in total. The zero-order valence-corrected chi connectivity index (χ0v) is 22.0. The molecule has 1 atom stereocenters. The number of likely N-dealkylation sites (tertiary alicyclic amines) is 1. The Balaban J connectivity index is 1.04. The quantitative estimate of drug-likeness (QED) is 0.404. The highest BCUT2D eigenvalue weighted by Gasteiger charge is 2.36. The monoisotopic (exact) mass is 515 g/mol. The Morgan fingerprint density at radius 1 is 1.03 bits per heavy atom. The highest BCUT2D eigenvalue weighted by atomic mass is 16.5. The molecule has 0 saturated carbocycles. The molecule has 0 spiro atoms. The number of aromatic nitrogens is 4. The highest BCUT2D eigenvalue weighted by Crippen LogP contribution is 2.33. The minimum atomic E-state index is 0.0907. The molecule has 2 saturated heterocycles. The van der Waals surface area contributed by atoms with Gasteiger partial charge in [-0.1, -0.05) is 38.1 Å². The lowest BCUT2D eigenvalue weighted by atomic mass is 9.96. The highest BCUT2D eigenvalue weighted by molar-refractivity contribution is 5.82. The van der Waals surface area contributed by atoms with Crippen LogP contribution in [0.1, 0.15) is 44.1 Å². The molecule has 2 fully saturated rings. The summed E-state index contributed by atoms with van der Waals surface area (Å²) in [5, 5.41) is 24.0. The summed E-state index contributed by atoms with van der Waals surface area (Å²) in [6, 6.07) is 13.2. The first-order valence-corrected chi connectivity index (χ1v) is 13.3. The van der Waals surface area contributed by atoms with Gasteiger partial charge in [-0.3, -0.25) is 0 Å². The molecule has 1 aromatic carbocycles. The fourth-order valence-corrected chi connectivity index (χ4v) is 5.13. The summed E-state index contributed by atoms with van der Waals surface area (Å²) >= 11 is 0. The van der Waals surface area contributed by atoms with Crippen LogP contribution in [0.3, 0.4) is 0 Å². The maximum atomic E-state index is 13.1. The molecule has 10 nitrogen and oxygen atoms in total. The third-order valence-electron chi connectivity index (χ3n) is 8.01. The number of fused-ring (bicyclic) bond motifs is 1. The Bertz CT molecular complexity index is 1450. The minimum absolute atomic E-state index is 0.0907. The lowest BCUT2D eigenvalue weighted by Gasteiger charge is -2.43. The number of anilines is 1. The number of amides is 2. The number of phenolic OH excluding ortho intramolecular Hbond substituents is 1. The van der Waals surface area contributed by atoms with E-state index in [-0.39, 0.29) is 17.7 Å². The van der Waals surface area contributed by atoms with E-state index in [1.807, 2.05) is 34.1 Å². The van der Waals surface area contributed by atoms with Gasteiger partial charge < -0.3 is 29.3 Å². The minimum Gasteiger partial charge on any atom is -0.507 e. The van der Waals surface area contributed by atoms with Crippen molar-refractivity contribution in [2.24, 2.45) is 5.92 Å². The number of phenols is 1. The number of H-pyrrole nitrogens is 1. The van der Waals surface area contributed by atoms with Gasteiger partial charge in [0, 0.05) is 73.8 Å². The lowest BCUT2D eigenvalue weighted by Crippen LogP contribution is -2.58. The molecule has 5 heterocycles. The maximum absolute atomic E-state index is 13.1. The topological polar surface area (TPSA) is 115 Å². The van der Waals surface area contributed by atoms with Crippen molar-refractivity contribution in [1.29, 1.82) is 0 Å². The summed E-state index contributed by atoms with van der Waals surface area (Å²) in [7, 11) is 0. The molecule has 2 aliphatic heterocycles. The molecule has 0 bridgehead atoms. The molecule has 10 heteroatoms. The van der Waals surface area contributed by atoms with E-state index in [4.69, 9.17) is 4.52 Å². The van der Waals surface area contributed by atoms with Crippen molar-refractivity contribution in [1.82, 2.24) is 30.1 Å². The first kappa shape index (κ1) is 24.3. The maximum Gasteiger partial charge on any atom is 0.320 e. The number of carbonyl (C=O) groups is 1. The fraction of sp³-hybridized carbons (Fsp3) is 0.429. The van der Waals surface area contributed by atoms with Crippen LogP contribution in [-0.2, 0) is 0 Å². The van der Waals surface area contributed by atoms with Gasteiger partial charge in [-0.05, 0) is 30.2 Å². The van der Waals surface area contributed by atoms with Crippen molar-refractivity contribution < 1.29 is 14.4 Å². The molecule has 0 radical (unpaired) electrons. The van der Waals surface area contributed by atoms with E-state index in [2.05, 4.69) is 52.1 Å². The van der Waals surface area contributed by atoms with Crippen molar-refractivity contribution in [3.05, 3.63) is 53.9 Å². The van der Waals surface area contributed by atoms with E-state index in [0.29, 0.717) is 54.9 Å². The van der Waals surface area contributed by atoms with Crippen molar-refractivity contribution in [2.75, 3.05) is 44.2 Å². The molecule has 0 aliphatic carbocycles. The Labute approximate surface area is 221 Å². The number of rotatable bonds is 5. The third kappa shape index (κ3) is 4.44. The van der Waals surface area contributed by atoms with Crippen molar-refractivity contribution >= 4 is 22.9 Å². The smallest absolute Gasteiger partial charge is 0.320 e. The van der Waals surface area contributed by atoms with Crippen LogP contribution >= 0.6 is 0 Å². The average Bonchev–Trinajstić information content (AvgIpc) is 3.55. The third-order valence-corrected chi connectivity index (χ3v) is 8.01. The zero-order valence-electron chi connectivity index (χ0n) is 22.0. The molecule has 0 unspecified atom stereocenters. The molecule has 198 valence electrons. The number of aromatic amines is 1. The summed E-state index contributed by atoms with van der Waals surface area (Å²) in [6.07, 6.45) is 0. The first-order chi connectivity index (χ1) is 18.4. The Hall–Kier alpha value is -4.08. The van der Waals surface area contributed by atoms with Crippen LogP contribution in [0.25, 0.3) is 22.3 Å². The van der Waals surface area contributed by atoms with E-state index >= 15 is 0 Å². The van der Waals surface area contributed by atoms with Crippen LogP contribution in [0, 0.1) is 5.92 Å². The zero-order chi connectivity index (χ0) is 26.4. The molecule has 4 aromatic rings. The van der Waals surface area contributed by atoms with Crippen molar-refractivity contribution in [3.8, 4) is 17.0 Å². The van der Waals surface area contributed by atoms with E-state index in [1.54, 1.807) is 12.1 Å². The second-order valence-electron chi connectivity index (χ2n) is 10.8. The number of para-hydroxylation sites is 1. The molecule has 6 rings (SSSR count). The number of hydrogen-bond donors (Lipinski definition) is 2. The number of piperazine rings is 1. The molecule has 38 heavy (non-hydrogen) atoms. The van der Waals surface area contributed by atoms with E-state index < -0.39 is 0 Å². The summed E-state index contributed by atoms with van der Waals surface area (Å²) in [5.41, 5.74) is 3.04. The van der Waals surface area contributed by atoms with Crippen LogP contribution in [0.4, 0.5) is 10.6 Å². The Morgan fingerprint density at radius 3 is 2.53 bits per heavy atom. The standard InChI is InChI=1S/C28H33N7O3/c1-17(2)18(3)25-14-26(32-38-25)33-8-10-34(11-9-33)28(37)35-15-20(16-35)22-12-19-13-23(30-31-27(19)29-22)21-6-4-5-7-24(21)36/h4-7,12-14,17-18,20,36H,8-11,15-16H2,1-3H3,(H,29,31)/t18-/m1/s1. The van der Waals surface area contributed by atoms with Gasteiger partial charge in [-0.25, -0.2) is 4.79 Å². The summed E-state index contributed by atoms with van der Waals surface area (Å²) < 4.78 is 5.59. The van der Waals surface area contributed by atoms with Gasteiger partial charge in [0.05, 0.1) is 5.69 Å². The Morgan fingerprint density at radius 2 is 1.79 bits per heavy atom. The summed E-state index contributed by atoms with van der Waals surface area (Å²) in [4.78, 5) is 22.5. The number of carbonyl (C=O) groups excluding carboxylic acids is 1.